The van der Waals surface area contributed by atoms with Crippen LogP contribution in [0.15, 0.2) is 42.6 Å². The van der Waals surface area contributed by atoms with Crippen molar-refractivity contribution in [1.29, 1.82) is 0 Å². The summed E-state index contributed by atoms with van der Waals surface area (Å²) in [7, 11) is 0. The molecule has 5 nitrogen and oxygen atoms in total. The number of carbonyl (C=O) groups is 1. The van der Waals surface area contributed by atoms with Gasteiger partial charge in [0.15, 0.2) is 5.65 Å². The van der Waals surface area contributed by atoms with Gasteiger partial charge in [-0.25, -0.2) is 9.97 Å². The highest BCUT2D eigenvalue weighted by Gasteiger charge is 2.20. The fourth-order valence-electron chi connectivity index (χ4n) is 2.83. The predicted molar refractivity (Wildman–Crippen MR) is 114 cm³/mol. The molecule has 0 aliphatic carbocycles. The van der Waals surface area contributed by atoms with Gasteiger partial charge in [0.25, 0.3) is 5.91 Å². The van der Waals surface area contributed by atoms with E-state index in [0.29, 0.717) is 35.0 Å². The molecule has 0 saturated heterocycles. The molecule has 0 radical (unpaired) electrons. The highest BCUT2D eigenvalue weighted by Crippen LogP contribution is 2.30. The smallest absolute Gasteiger partial charge is 0.257 e. The Morgan fingerprint density at radius 2 is 1.78 bits per heavy atom. The third-order valence-electron chi connectivity index (χ3n) is 4.26. The van der Waals surface area contributed by atoms with Crippen molar-refractivity contribution in [2.24, 2.45) is 0 Å². The van der Waals surface area contributed by atoms with Crippen LogP contribution >= 0.6 is 24.0 Å². The van der Waals surface area contributed by atoms with Crippen molar-refractivity contribution in [2.75, 3.05) is 18.4 Å². The van der Waals surface area contributed by atoms with Crippen LogP contribution in [0.2, 0.25) is 5.02 Å². The zero-order valence-electron chi connectivity index (χ0n) is 15.5. The van der Waals surface area contributed by atoms with Crippen LogP contribution in [0.1, 0.15) is 29.9 Å². The molecule has 0 unspecified atom stereocenters. The standard InChI is InChI=1S/C20H21ClN4O.ClH/c1-4-25(5-2)20(26)17-12-22-19-16(11-6-13(3)23-19)18(17)24-15-9-7-14(21)8-10-15;/h6-12H,4-5H2,1-3H3,(H,22,23,24);1H. The van der Waals surface area contributed by atoms with Gasteiger partial charge in [-0.15, -0.1) is 12.4 Å². The molecule has 0 saturated carbocycles. The van der Waals surface area contributed by atoms with Crippen LogP contribution in [0.5, 0.6) is 0 Å². The van der Waals surface area contributed by atoms with E-state index in [1.807, 2.05) is 57.2 Å². The zero-order valence-corrected chi connectivity index (χ0v) is 17.1. The van der Waals surface area contributed by atoms with E-state index in [-0.39, 0.29) is 18.3 Å². The minimum absolute atomic E-state index is 0. The van der Waals surface area contributed by atoms with E-state index in [9.17, 15) is 4.79 Å². The van der Waals surface area contributed by atoms with E-state index in [1.165, 1.54) is 0 Å². The van der Waals surface area contributed by atoms with Gasteiger partial charge in [0.2, 0.25) is 0 Å². The van der Waals surface area contributed by atoms with Crippen LogP contribution in [0, 0.1) is 6.92 Å². The number of benzene rings is 1. The van der Waals surface area contributed by atoms with Crippen molar-refractivity contribution in [3.8, 4) is 0 Å². The summed E-state index contributed by atoms with van der Waals surface area (Å²) in [4.78, 5) is 23.7. The maximum atomic E-state index is 13.0. The summed E-state index contributed by atoms with van der Waals surface area (Å²) in [5.74, 6) is -0.0542. The molecule has 1 N–H and O–H groups in total. The Bertz CT molecular complexity index is 941. The Morgan fingerprint density at radius 3 is 2.41 bits per heavy atom. The molecule has 0 bridgehead atoms. The van der Waals surface area contributed by atoms with Crippen LogP contribution in [0.4, 0.5) is 11.4 Å². The van der Waals surface area contributed by atoms with Crippen molar-refractivity contribution in [3.05, 3.63) is 58.9 Å². The third-order valence-corrected chi connectivity index (χ3v) is 4.52. The van der Waals surface area contributed by atoms with E-state index in [4.69, 9.17) is 11.6 Å². The molecule has 7 heteroatoms. The Labute approximate surface area is 170 Å². The van der Waals surface area contributed by atoms with Crippen LogP contribution < -0.4 is 5.32 Å². The van der Waals surface area contributed by atoms with Crippen molar-refractivity contribution in [3.63, 3.8) is 0 Å². The highest BCUT2D eigenvalue weighted by atomic mass is 35.5. The maximum Gasteiger partial charge on any atom is 0.257 e. The lowest BCUT2D eigenvalue weighted by molar-refractivity contribution is 0.0774. The normalized spacial score (nSPS) is 10.4. The second-order valence-corrected chi connectivity index (χ2v) is 6.42. The van der Waals surface area contributed by atoms with Gasteiger partial charge in [0.05, 0.1) is 11.3 Å². The summed E-state index contributed by atoms with van der Waals surface area (Å²) >= 11 is 5.98. The number of aromatic nitrogens is 2. The number of pyridine rings is 2. The van der Waals surface area contributed by atoms with E-state index in [2.05, 4.69) is 15.3 Å². The summed E-state index contributed by atoms with van der Waals surface area (Å²) in [6.45, 7) is 7.13. The summed E-state index contributed by atoms with van der Waals surface area (Å²) in [6.07, 6.45) is 1.60. The van der Waals surface area contributed by atoms with Gasteiger partial charge >= 0.3 is 0 Å². The largest absolute Gasteiger partial charge is 0.354 e. The van der Waals surface area contributed by atoms with Gasteiger partial charge in [-0.3, -0.25) is 4.79 Å². The van der Waals surface area contributed by atoms with Gasteiger partial charge in [-0.05, 0) is 57.2 Å². The number of nitrogens with zero attached hydrogens (tertiary/aromatic N) is 3. The number of nitrogens with one attached hydrogen (secondary N) is 1. The highest BCUT2D eigenvalue weighted by molar-refractivity contribution is 6.30. The first kappa shape index (κ1) is 20.9. The lowest BCUT2D eigenvalue weighted by atomic mass is 10.1. The number of aryl methyl sites for hydroxylation is 1. The van der Waals surface area contributed by atoms with Gasteiger partial charge in [0.1, 0.15) is 0 Å². The van der Waals surface area contributed by atoms with Crippen LogP contribution in [-0.4, -0.2) is 33.9 Å². The maximum absolute atomic E-state index is 13.0. The Hall–Kier alpha value is -2.37. The topological polar surface area (TPSA) is 58.1 Å². The van der Waals surface area contributed by atoms with Crippen molar-refractivity contribution in [2.45, 2.75) is 20.8 Å². The molecule has 142 valence electrons. The lowest BCUT2D eigenvalue weighted by Gasteiger charge is -2.21. The Balaban J connectivity index is 0.00000261. The summed E-state index contributed by atoms with van der Waals surface area (Å²) < 4.78 is 0. The minimum atomic E-state index is -0.0542. The quantitative estimate of drug-likeness (QED) is 0.631. The van der Waals surface area contributed by atoms with Gasteiger partial charge in [-0.2, -0.15) is 0 Å². The number of hydrogen-bond acceptors (Lipinski definition) is 4. The molecule has 27 heavy (non-hydrogen) atoms. The van der Waals surface area contributed by atoms with Crippen molar-refractivity contribution in [1.82, 2.24) is 14.9 Å². The minimum Gasteiger partial charge on any atom is -0.354 e. The molecular weight excluding hydrogens is 383 g/mol. The molecule has 0 fully saturated rings. The number of carbonyl (C=O) groups excluding carboxylic acids is 1. The van der Waals surface area contributed by atoms with Gasteiger partial charge < -0.3 is 10.2 Å². The Kier molecular flexibility index (Phi) is 6.99. The number of halogens is 2. The van der Waals surface area contributed by atoms with Gasteiger partial charge in [0, 0.05) is 41.1 Å². The summed E-state index contributed by atoms with van der Waals surface area (Å²) in [6, 6.07) is 11.2. The Morgan fingerprint density at radius 1 is 1.11 bits per heavy atom. The summed E-state index contributed by atoms with van der Waals surface area (Å²) in [5.41, 5.74) is 3.57. The lowest BCUT2D eigenvalue weighted by Crippen LogP contribution is -2.31. The zero-order chi connectivity index (χ0) is 18.7. The second-order valence-electron chi connectivity index (χ2n) is 5.98. The molecule has 2 aromatic heterocycles. The average Bonchev–Trinajstić information content (AvgIpc) is 2.64. The number of anilines is 2. The third kappa shape index (κ3) is 4.49. The second kappa shape index (κ2) is 9.02. The molecule has 2 heterocycles. The number of hydrogen-bond donors (Lipinski definition) is 1. The molecule has 1 aromatic carbocycles. The fraction of sp³-hybridized carbons (Fsp3) is 0.250. The first-order valence-electron chi connectivity index (χ1n) is 8.61. The number of fused-ring (bicyclic) bond motifs is 1. The number of amides is 1. The summed E-state index contributed by atoms with van der Waals surface area (Å²) in [5, 5.41) is 4.83. The van der Waals surface area contributed by atoms with Crippen LogP contribution in [-0.2, 0) is 0 Å². The van der Waals surface area contributed by atoms with E-state index >= 15 is 0 Å². The van der Waals surface area contributed by atoms with Crippen LogP contribution in [0.3, 0.4) is 0 Å². The predicted octanol–water partition coefficient (Wildman–Crippen LogP) is 5.24. The van der Waals surface area contributed by atoms with Crippen molar-refractivity contribution >= 4 is 52.3 Å². The SMILES string of the molecule is CCN(CC)C(=O)c1cnc2nc(C)ccc2c1Nc1ccc(Cl)cc1.Cl. The van der Waals surface area contributed by atoms with E-state index in [1.54, 1.807) is 11.1 Å². The first-order valence-corrected chi connectivity index (χ1v) is 8.99. The van der Waals surface area contributed by atoms with Gasteiger partial charge in [-0.1, -0.05) is 11.6 Å². The average molecular weight is 405 g/mol. The molecule has 1 amide bonds. The molecule has 3 aromatic rings. The van der Waals surface area contributed by atoms with Crippen LogP contribution in [0.25, 0.3) is 11.0 Å². The molecule has 0 aliphatic heterocycles. The fourth-order valence-corrected chi connectivity index (χ4v) is 2.95. The molecule has 0 aliphatic rings. The molecule has 0 atom stereocenters. The number of rotatable bonds is 5. The van der Waals surface area contributed by atoms with E-state index in [0.717, 1.165) is 16.8 Å². The molecular formula is C20H22Cl2N4O. The first-order chi connectivity index (χ1) is 12.5. The van der Waals surface area contributed by atoms with Crippen molar-refractivity contribution < 1.29 is 4.79 Å². The monoisotopic (exact) mass is 404 g/mol. The molecule has 0 spiro atoms. The van der Waals surface area contributed by atoms with E-state index < -0.39 is 0 Å². The molecule has 3 rings (SSSR count).